The molecule has 0 aliphatic heterocycles. The van der Waals surface area contributed by atoms with Crippen molar-refractivity contribution in [1.82, 2.24) is 9.97 Å². The van der Waals surface area contributed by atoms with E-state index in [1.165, 1.54) is 0 Å². The molecule has 0 unspecified atom stereocenters. The van der Waals surface area contributed by atoms with Crippen LogP contribution in [0.4, 0.5) is 0 Å². The van der Waals surface area contributed by atoms with E-state index in [-0.39, 0.29) is 0 Å². The lowest BCUT2D eigenvalue weighted by molar-refractivity contribution is 0.749. The molecular formula is C8H11BrN2S. The number of hydrogen-bond donors (Lipinski definition) is 0. The Balaban J connectivity index is 2.48. The smallest absolute Gasteiger partial charge is 0.124 e. The van der Waals surface area contributed by atoms with E-state index < -0.39 is 0 Å². The molecule has 0 N–H and O–H groups in total. The van der Waals surface area contributed by atoms with E-state index in [4.69, 9.17) is 0 Å². The Labute approximate surface area is 85.3 Å². The first-order chi connectivity index (χ1) is 5.68. The van der Waals surface area contributed by atoms with Crippen molar-refractivity contribution >= 4 is 27.7 Å². The van der Waals surface area contributed by atoms with E-state index in [1.54, 1.807) is 24.2 Å². The molecule has 1 rings (SSSR count). The molecule has 0 saturated heterocycles. The quantitative estimate of drug-likeness (QED) is 0.768. The Hall–Kier alpha value is -0.0900. The molecule has 0 amide bonds. The van der Waals surface area contributed by atoms with Crippen LogP contribution in [-0.4, -0.2) is 15.7 Å². The molecule has 0 aliphatic rings. The highest BCUT2D eigenvalue weighted by Gasteiger charge is 1.98. The van der Waals surface area contributed by atoms with Crippen molar-refractivity contribution in [2.45, 2.75) is 18.9 Å². The maximum atomic E-state index is 4.20. The summed E-state index contributed by atoms with van der Waals surface area (Å²) in [5, 5.41) is 0.993. The Morgan fingerprint density at radius 2 is 2.17 bits per heavy atom. The number of rotatable bonds is 3. The topological polar surface area (TPSA) is 25.8 Å². The summed E-state index contributed by atoms with van der Waals surface area (Å²) in [6.07, 6.45) is 3.51. The summed E-state index contributed by atoms with van der Waals surface area (Å²) < 4.78 is 0.788. The van der Waals surface area contributed by atoms with Crippen molar-refractivity contribution < 1.29 is 0 Å². The summed E-state index contributed by atoms with van der Waals surface area (Å²) in [7, 11) is 0. The fourth-order valence-electron chi connectivity index (χ4n) is 0.627. The monoisotopic (exact) mass is 246 g/mol. The van der Waals surface area contributed by atoms with Crippen molar-refractivity contribution in [3.63, 3.8) is 0 Å². The standard InChI is InChI=1S/C8H11BrN2S/c1-6(2)5-12-8-4-10-7(9)3-11-8/h3-4,6H,5H2,1-2H3. The zero-order valence-corrected chi connectivity index (χ0v) is 9.52. The molecule has 12 heavy (non-hydrogen) atoms. The summed E-state index contributed by atoms with van der Waals surface area (Å²) in [5.74, 6) is 1.79. The van der Waals surface area contributed by atoms with Gasteiger partial charge < -0.3 is 0 Å². The van der Waals surface area contributed by atoms with E-state index in [9.17, 15) is 0 Å². The highest BCUT2D eigenvalue weighted by molar-refractivity contribution is 9.10. The fraction of sp³-hybridized carbons (Fsp3) is 0.500. The van der Waals surface area contributed by atoms with Gasteiger partial charge in [0.15, 0.2) is 0 Å². The first-order valence-corrected chi connectivity index (χ1v) is 5.56. The van der Waals surface area contributed by atoms with Gasteiger partial charge in [-0.05, 0) is 21.8 Å². The first kappa shape index (κ1) is 9.99. The van der Waals surface area contributed by atoms with Crippen LogP contribution in [0.3, 0.4) is 0 Å². The molecule has 0 spiro atoms. The minimum atomic E-state index is 0.695. The molecule has 0 aromatic carbocycles. The predicted molar refractivity (Wildman–Crippen MR) is 55.3 cm³/mol. The summed E-state index contributed by atoms with van der Waals surface area (Å²) in [6.45, 7) is 4.39. The van der Waals surface area contributed by atoms with Gasteiger partial charge >= 0.3 is 0 Å². The second-order valence-corrected chi connectivity index (χ2v) is 4.73. The molecular weight excluding hydrogens is 236 g/mol. The van der Waals surface area contributed by atoms with E-state index in [0.717, 1.165) is 15.4 Å². The van der Waals surface area contributed by atoms with Gasteiger partial charge in [0, 0.05) is 5.75 Å². The molecule has 0 bridgehead atoms. The van der Waals surface area contributed by atoms with E-state index in [1.807, 2.05) is 0 Å². The fourth-order valence-corrected chi connectivity index (χ4v) is 1.59. The average molecular weight is 247 g/mol. The van der Waals surface area contributed by atoms with Crippen LogP contribution in [0.15, 0.2) is 22.0 Å². The molecule has 0 aliphatic carbocycles. The maximum Gasteiger partial charge on any atom is 0.124 e. The zero-order chi connectivity index (χ0) is 8.97. The number of thioether (sulfide) groups is 1. The van der Waals surface area contributed by atoms with Gasteiger partial charge in [-0.3, -0.25) is 0 Å². The maximum absolute atomic E-state index is 4.20. The van der Waals surface area contributed by atoms with Gasteiger partial charge in [0.2, 0.25) is 0 Å². The molecule has 4 heteroatoms. The van der Waals surface area contributed by atoms with Crippen LogP contribution in [0.5, 0.6) is 0 Å². The molecule has 0 atom stereocenters. The summed E-state index contributed by atoms with van der Waals surface area (Å²) in [6, 6.07) is 0. The zero-order valence-electron chi connectivity index (χ0n) is 7.12. The third-order valence-electron chi connectivity index (χ3n) is 1.16. The molecule has 66 valence electrons. The van der Waals surface area contributed by atoms with Crippen molar-refractivity contribution in [2.75, 3.05) is 5.75 Å². The second-order valence-electron chi connectivity index (χ2n) is 2.88. The normalized spacial score (nSPS) is 10.7. The largest absolute Gasteiger partial charge is 0.245 e. The molecule has 0 radical (unpaired) electrons. The van der Waals surface area contributed by atoms with Gasteiger partial charge in [0.05, 0.1) is 12.4 Å². The Morgan fingerprint density at radius 3 is 2.67 bits per heavy atom. The predicted octanol–water partition coefficient (Wildman–Crippen LogP) is 2.99. The SMILES string of the molecule is CC(C)CSc1cnc(Br)cn1. The summed E-state index contributed by atoms with van der Waals surface area (Å²) in [4.78, 5) is 8.29. The van der Waals surface area contributed by atoms with Gasteiger partial charge in [-0.15, -0.1) is 11.8 Å². The van der Waals surface area contributed by atoms with Crippen molar-refractivity contribution in [2.24, 2.45) is 5.92 Å². The molecule has 1 aromatic heterocycles. The van der Waals surface area contributed by atoms with Crippen molar-refractivity contribution in [3.05, 3.63) is 17.0 Å². The second kappa shape index (κ2) is 4.82. The van der Waals surface area contributed by atoms with Crippen molar-refractivity contribution in [3.8, 4) is 0 Å². The van der Waals surface area contributed by atoms with E-state index in [2.05, 4.69) is 39.7 Å². The van der Waals surface area contributed by atoms with Gasteiger partial charge in [0.25, 0.3) is 0 Å². The lowest BCUT2D eigenvalue weighted by Crippen LogP contribution is -1.91. The first-order valence-electron chi connectivity index (χ1n) is 3.79. The Morgan fingerprint density at radius 1 is 1.42 bits per heavy atom. The van der Waals surface area contributed by atoms with Crippen LogP contribution in [0.1, 0.15) is 13.8 Å². The van der Waals surface area contributed by atoms with E-state index in [0.29, 0.717) is 5.92 Å². The Kier molecular flexibility index (Phi) is 4.01. The van der Waals surface area contributed by atoms with Gasteiger partial charge in [0.1, 0.15) is 9.63 Å². The number of halogens is 1. The van der Waals surface area contributed by atoms with Gasteiger partial charge in [-0.1, -0.05) is 13.8 Å². The highest BCUT2D eigenvalue weighted by Crippen LogP contribution is 2.17. The third kappa shape index (κ3) is 3.54. The van der Waals surface area contributed by atoms with Crippen molar-refractivity contribution in [1.29, 1.82) is 0 Å². The molecule has 0 fully saturated rings. The van der Waals surface area contributed by atoms with Crippen LogP contribution in [0.2, 0.25) is 0 Å². The lowest BCUT2D eigenvalue weighted by atomic mass is 10.3. The van der Waals surface area contributed by atoms with Gasteiger partial charge in [-0.25, -0.2) is 9.97 Å². The minimum Gasteiger partial charge on any atom is -0.245 e. The molecule has 1 heterocycles. The number of nitrogens with zero attached hydrogens (tertiary/aromatic N) is 2. The molecule has 2 nitrogen and oxygen atoms in total. The number of hydrogen-bond acceptors (Lipinski definition) is 3. The van der Waals surface area contributed by atoms with E-state index >= 15 is 0 Å². The molecule has 0 saturated carbocycles. The summed E-state index contributed by atoms with van der Waals surface area (Å²) >= 11 is 4.99. The van der Waals surface area contributed by atoms with Crippen LogP contribution < -0.4 is 0 Å². The summed E-state index contributed by atoms with van der Waals surface area (Å²) in [5.41, 5.74) is 0. The number of aromatic nitrogens is 2. The van der Waals surface area contributed by atoms with Crippen LogP contribution in [0, 0.1) is 5.92 Å². The average Bonchev–Trinajstić information content (AvgIpc) is 2.03. The lowest BCUT2D eigenvalue weighted by Gasteiger charge is -2.02. The Bertz CT molecular complexity index is 235. The van der Waals surface area contributed by atoms with Crippen LogP contribution in [-0.2, 0) is 0 Å². The van der Waals surface area contributed by atoms with Crippen LogP contribution in [0.25, 0.3) is 0 Å². The van der Waals surface area contributed by atoms with Gasteiger partial charge in [-0.2, -0.15) is 0 Å². The third-order valence-corrected chi connectivity index (χ3v) is 2.91. The molecule has 1 aromatic rings. The minimum absolute atomic E-state index is 0.695. The highest BCUT2D eigenvalue weighted by atomic mass is 79.9. The van der Waals surface area contributed by atoms with Crippen LogP contribution >= 0.6 is 27.7 Å².